The fraction of sp³-hybridized carbons (Fsp3) is 0.833. The Morgan fingerprint density at radius 3 is 2.76 bits per heavy atom. The molecule has 4 rings (SSSR count). The highest BCUT2D eigenvalue weighted by Gasteiger charge is 2.57. The van der Waals surface area contributed by atoms with Gasteiger partial charge in [0.25, 0.3) is 0 Å². The maximum absolute atomic E-state index is 11.7. The fourth-order valence-electron chi connectivity index (χ4n) is 6.16. The Kier molecular flexibility index (Phi) is 3.10. The van der Waals surface area contributed by atoms with Gasteiger partial charge < -0.3 is 10.2 Å². The number of carbonyl (C=O) groups excluding carboxylic acids is 1. The monoisotopic (exact) mass is 290 g/mol. The first-order valence-electron chi connectivity index (χ1n) is 8.61. The molecule has 3 saturated carbocycles. The van der Waals surface area contributed by atoms with Crippen molar-refractivity contribution >= 4 is 5.78 Å². The molecule has 0 amide bonds. The quantitative estimate of drug-likeness (QED) is 0.720. The summed E-state index contributed by atoms with van der Waals surface area (Å²) < 4.78 is 0. The predicted molar refractivity (Wildman–Crippen MR) is 79.5 cm³/mol. The predicted octanol–water partition coefficient (Wildman–Crippen LogP) is 2.46. The zero-order valence-corrected chi connectivity index (χ0v) is 12.8. The highest BCUT2D eigenvalue weighted by molar-refractivity contribution is 5.91. The molecule has 0 aromatic carbocycles. The Labute approximate surface area is 126 Å². The number of hydrogen-bond acceptors (Lipinski definition) is 3. The molecule has 0 aromatic rings. The van der Waals surface area contributed by atoms with Crippen molar-refractivity contribution in [1.82, 2.24) is 0 Å². The number of hydrogen-bond donors (Lipinski definition) is 2. The lowest BCUT2D eigenvalue weighted by Gasteiger charge is -2.54. The van der Waals surface area contributed by atoms with Gasteiger partial charge in [-0.1, -0.05) is 6.92 Å². The van der Waals surface area contributed by atoms with Crippen molar-refractivity contribution in [2.24, 2.45) is 29.1 Å². The molecule has 0 aromatic heterocycles. The zero-order chi connectivity index (χ0) is 14.8. The Balaban J connectivity index is 1.67. The van der Waals surface area contributed by atoms with E-state index in [1.165, 1.54) is 0 Å². The maximum atomic E-state index is 11.7. The molecule has 0 aliphatic heterocycles. The van der Waals surface area contributed by atoms with E-state index < -0.39 is 6.10 Å². The van der Waals surface area contributed by atoms with Crippen molar-refractivity contribution in [1.29, 1.82) is 0 Å². The maximum Gasteiger partial charge on any atom is 0.155 e. The minimum atomic E-state index is -0.430. The lowest BCUT2D eigenvalue weighted by Crippen LogP contribution is -2.50. The van der Waals surface area contributed by atoms with Gasteiger partial charge in [-0.15, -0.1) is 0 Å². The molecule has 0 heterocycles. The smallest absolute Gasteiger partial charge is 0.155 e. The van der Waals surface area contributed by atoms with Crippen LogP contribution in [0.25, 0.3) is 0 Å². The molecule has 2 N–H and O–H groups in total. The number of fused-ring (bicyclic) bond motifs is 5. The third-order valence-electron chi connectivity index (χ3n) is 7.30. The van der Waals surface area contributed by atoms with E-state index in [9.17, 15) is 15.0 Å². The van der Waals surface area contributed by atoms with Gasteiger partial charge in [0, 0.05) is 6.42 Å². The van der Waals surface area contributed by atoms with Crippen molar-refractivity contribution in [2.75, 3.05) is 0 Å². The standard InChI is InChI=1S/C18H26O3/c1-18-7-6-12-11-3-2-10(19)8-14(11)16(20)9-13(12)15(18)4-5-17(18)21/h8,11-13,15-17,20-21H,2-7,9H2,1H3/t11-,12-,13-,15+,16+,17+,18+/m1/s1. The Hall–Kier alpha value is -0.670. The van der Waals surface area contributed by atoms with Gasteiger partial charge in [0.15, 0.2) is 5.78 Å². The van der Waals surface area contributed by atoms with Crippen LogP contribution < -0.4 is 0 Å². The van der Waals surface area contributed by atoms with E-state index in [0.717, 1.165) is 44.1 Å². The van der Waals surface area contributed by atoms with E-state index in [4.69, 9.17) is 0 Å². The Bertz CT molecular complexity index is 497. The van der Waals surface area contributed by atoms with Crippen LogP contribution in [0.3, 0.4) is 0 Å². The van der Waals surface area contributed by atoms with Crippen molar-refractivity contribution in [2.45, 2.75) is 64.1 Å². The van der Waals surface area contributed by atoms with Crippen molar-refractivity contribution in [3.63, 3.8) is 0 Å². The lowest BCUT2D eigenvalue weighted by atomic mass is 9.51. The second-order valence-electron chi connectivity index (χ2n) is 8.08. The molecule has 7 atom stereocenters. The van der Waals surface area contributed by atoms with Crippen LogP contribution in [-0.4, -0.2) is 28.2 Å². The van der Waals surface area contributed by atoms with E-state index in [0.29, 0.717) is 30.1 Å². The number of rotatable bonds is 0. The summed E-state index contributed by atoms with van der Waals surface area (Å²) in [7, 11) is 0. The summed E-state index contributed by atoms with van der Waals surface area (Å²) >= 11 is 0. The third kappa shape index (κ3) is 1.90. The van der Waals surface area contributed by atoms with E-state index in [-0.39, 0.29) is 17.3 Å². The SMILES string of the molecule is C[C@]12CC[C@H]3[C@@H](C[C@H](O)C4=CC(=O)CC[C@@H]43)[C@@H]1CC[C@@H]2O. The van der Waals surface area contributed by atoms with Crippen LogP contribution in [0.5, 0.6) is 0 Å². The van der Waals surface area contributed by atoms with E-state index in [1.807, 2.05) is 0 Å². The summed E-state index contributed by atoms with van der Waals surface area (Å²) in [5, 5.41) is 20.9. The first kappa shape index (κ1) is 14.0. The highest BCUT2D eigenvalue weighted by Crippen LogP contribution is 2.61. The molecule has 116 valence electrons. The minimum Gasteiger partial charge on any atom is -0.393 e. The van der Waals surface area contributed by atoms with Gasteiger partial charge in [-0.3, -0.25) is 4.79 Å². The van der Waals surface area contributed by atoms with Gasteiger partial charge in [0.1, 0.15) is 0 Å². The molecule has 4 aliphatic rings. The van der Waals surface area contributed by atoms with E-state index >= 15 is 0 Å². The van der Waals surface area contributed by atoms with Crippen molar-refractivity contribution in [3.8, 4) is 0 Å². The van der Waals surface area contributed by atoms with Gasteiger partial charge in [0.05, 0.1) is 12.2 Å². The minimum absolute atomic E-state index is 0.0621. The molecule has 0 saturated heterocycles. The normalized spacial score (nSPS) is 52.7. The van der Waals surface area contributed by atoms with Gasteiger partial charge in [0.2, 0.25) is 0 Å². The lowest BCUT2D eigenvalue weighted by molar-refractivity contribution is -0.117. The molecule has 21 heavy (non-hydrogen) atoms. The molecular formula is C18H26O3. The van der Waals surface area contributed by atoms with Crippen LogP contribution in [0.1, 0.15) is 51.9 Å². The first-order chi connectivity index (χ1) is 10.0. The van der Waals surface area contributed by atoms with Crippen LogP contribution in [0, 0.1) is 29.1 Å². The molecular weight excluding hydrogens is 264 g/mol. The molecule has 3 nitrogen and oxygen atoms in total. The number of aliphatic hydroxyl groups is 2. The summed E-state index contributed by atoms with van der Waals surface area (Å²) in [6.07, 6.45) is 7.81. The first-order valence-corrected chi connectivity index (χ1v) is 8.61. The molecule has 3 fully saturated rings. The number of ketones is 1. The molecule has 0 spiro atoms. The summed E-state index contributed by atoms with van der Waals surface area (Å²) in [5.41, 5.74) is 1.08. The zero-order valence-electron chi connectivity index (χ0n) is 12.8. The van der Waals surface area contributed by atoms with Crippen LogP contribution in [-0.2, 0) is 4.79 Å². The summed E-state index contributed by atoms with van der Waals surface area (Å²) in [6.45, 7) is 2.26. The van der Waals surface area contributed by atoms with Crippen molar-refractivity contribution < 1.29 is 15.0 Å². The molecule has 0 bridgehead atoms. The van der Waals surface area contributed by atoms with Gasteiger partial charge in [-0.2, -0.15) is 0 Å². The Morgan fingerprint density at radius 2 is 1.95 bits per heavy atom. The number of carbonyl (C=O) groups is 1. The Morgan fingerprint density at radius 1 is 1.14 bits per heavy atom. The van der Waals surface area contributed by atoms with Crippen LogP contribution in [0.2, 0.25) is 0 Å². The molecule has 0 radical (unpaired) electrons. The second-order valence-corrected chi connectivity index (χ2v) is 8.08. The summed E-state index contributed by atoms with van der Waals surface area (Å²) in [4.78, 5) is 11.7. The van der Waals surface area contributed by atoms with Gasteiger partial charge >= 0.3 is 0 Å². The van der Waals surface area contributed by atoms with Crippen LogP contribution in [0.4, 0.5) is 0 Å². The highest BCUT2D eigenvalue weighted by atomic mass is 16.3. The summed E-state index contributed by atoms with van der Waals surface area (Å²) in [5.74, 6) is 2.32. The third-order valence-corrected chi connectivity index (χ3v) is 7.30. The van der Waals surface area contributed by atoms with Crippen LogP contribution in [0.15, 0.2) is 11.6 Å². The topological polar surface area (TPSA) is 57.5 Å². The number of aliphatic hydroxyl groups excluding tert-OH is 2. The largest absolute Gasteiger partial charge is 0.393 e. The summed E-state index contributed by atoms with van der Waals surface area (Å²) in [6, 6.07) is 0. The second kappa shape index (κ2) is 4.66. The molecule has 0 unspecified atom stereocenters. The molecule has 3 heteroatoms. The van der Waals surface area contributed by atoms with Gasteiger partial charge in [-0.05, 0) is 79.3 Å². The molecule has 4 aliphatic carbocycles. The van der Waals surface area contributed by atoms with Crippen LogP contribution >= 0.6 is 0 Å². The van der Waals surface area contributed by atoms with Gasteiger partial charge in [-0.25, -0.2) is 0 Å². The van der Waals surface area contributed by atoms with Crippen molar-refractivity contribution in [3.05, 3.63) is 11.6 Å². The fourth-order valence-corrected chi connectivity index (χ4v) is 6.16. The van der Waals surface area contributed by atoms with E-state index in [2.05, 4.69) is 6.92 Å². The average Bonchev–Trinajstić information content (AvgIpc) is 2.76. The van der Waals surface area contributed by atoms with E-state index in [1.54, 1.807) is 6.08 Å². The average molecular weight is 290 g/mol.